The molecule has 0 amide bonds. The van der Waals surface area contributed by atoms with Crippen LogP contribution < -0.4 is 4.74 Å². The molecule has 0 radical (unpaired) electrons. The van der Waals surface area contributed by atoms with Gasteiger partial charge in [0.05, 0.1) is 0 Å². The lowest BCUT2D eigenvalue weighted by Gasteiger charge is -2.12. The molecule has 22 heavy (non-hydrogen) atoms. The molecule has 114 valence electrons. The van der Waals surface area contributed by atoms with Crippen LogP contribution >= 0.6 is 15.9 Å². The number of furan rings is 1. The second-order valence-electron chi connectivity index (χ2n) is 5.07. The summed E-state index contributed by atoms with van der Waals surface area (Å²) in [6.07, 6.45) is -0.346. The molecule has 0 aliphatic rings. The zero-order valence-corrected chi connectivity index (χ0v) is 14.0. The zero-order valence-electron chi connectivity index (χ0n) is 12.5. The van der Waals surface area contributed by atoms with E-state index in [2.05, 4.69) is 33.0 Å². The van der Waals surface area contributed by atoms with Crippen LogP contribution in [0.5, 0.6) is 5.75 Å². The van der Waals surface area contributed by atoms with E-state index in [9.17, 15) is 0 Å². The molecule has 2 heterocycles. The van der Waals surface area contributed by atoms with Gasteiger partial charge in [-0.1, -0.05) is 11.2 Å². The van der Waals surface area contributed by atoms with E-state index in [1.165, 1.54) is 11.1 Å². The quantitative estimate of drug-likeness (QED) is 0.663. The third-order valence-corrected chi connectivity index (χ3v) is 3.80. The molecule has 0 unspecified atom stereocenters. The third-order valence-electron chi connectivity index (χ3n) is 3.37. The molecule has 2 aromatic heterocycles. The van der Waals surface area contributed by atoms with Crippen molar-refractivity contribution in [3.8, 4) is 17.3 Å². The Bertz CT molecular complexity index is 794. The summed E-state index contributed by atoms with van der Waals surface area (Å²) in [4.78, 5) is 4.31. The monoisotopic (exact) mass is 362 g/mol. The van der Waals surface area contributed by atoms with Gasteiger partial charge < -0.3 is 13.7 Å². The number of benzene rings is 1. The van der Waals surface area contributed by atoms with Crippen LogP contribution in [-0.4, -0.2) is 10.1 Å². The molecular formula is C16H15BrN2O3. The number of hydrogen-bond donors (Lipinski definition) is 0. The van der Waals surface area contributed by atoms with Crippen LogP contribution in [-0.2, 0) is 0 Å². The molecule has 0 saturated heterocycles. The first-order chi connectivity index (χ1) is 10.5. The van der Waals surface area contributed by atoms with E-state index >= 15 is 0 Å². The van der Waals surface area contributed by atoms with Crippen LogP contribution in [0.15, 0.2) is 43.9 Å². The Balaban J connectivity index is 1.76. The van der Waals surface area contributed by atoms with Gasteiger partial charge in [-0.15, -0.1) is 0 Å². The Morgan fingerprint density at radius 3 is 2.64 bits per heavy atom. The summed E-state index contributed by atoms with van der Waals surface area (Å²) in [5.41, 5.74) is 2.40. The van der Waals surface area contributed by atoms with Gasteiger partial charge in [-0.2, -0.15) is 4.98 Å². The molecule has 0 aliphatic carbocycles. The van der Waals surface area contributed by atoms with Gasteiger partial charge in [0.15, 0.2) is 16.5 Å². The Morgan fingerprint density at radius 2 is 1.95 bits per heavy atom. The topological polar surface area (TPSA) is 61.3 Å². The summed E-state index contributed by atoms with van der Waals surface area (Å²) in [7, 11) is 0. The minimum Gasteiger partial charge on any atom is -0.481 e. The van der Waals surface area contributed by atoms with E-state index < -0.39 is 0 Å². The Hall–Kier alpha value is -2.08. The van der Waals surface area contributed by atoms with E-state index in [-0.39, 0.29) is 6.10 Å². The maximum Gasteiger partial charge on any atom is 0.267 e. The summed E-state index contributed by atoms with van der Waals surface area (Å²) in [5.74, 6) is 2.12. The Morgan fingerprint density at radius 1 is 1.14 bits per heavy atom. The largest absolute Gasteiger partial charge is 0.481 e. The number of rotatable bonds is 4. The van der Waals surface area contributed by atoms with Crippen LogP contribution in [0, 0.1) is 13.8 Å². The number of aromatic nitrogens is 2. The van der Waals surface area contributed by atoms with Gasteiger partial charge in [0.25, 0.3) is 5.89 Å². The lowest BCUT2D eigenvalue weighted by Crippen LogP contribution is -2.03. The first-order valence-electron chi connectivity index (χ1n) is 6.86. The molecule has 0 saturated carbocycles. The van der Waals surface area contributed by atoms with Crippen LogP contribution in [0.3, 0.4) is 0 Å². The highest BCUT2D eigenvalue weighted by atomic mass is 79.9. The third kappa shape index (κ3) is 3.06. The second-order valence-corrected chi connectivity index (χ2v) is 5.85. The lowest BCUT2D eigenvalue weighted by atomic mass is 10.1. The van der Waals surface area contributed by atoms with Crippen molar-refractivity contribution in [2.45, 2.75) is 26.9 Å². The molecule has 0 spiro atoms. The molecule has 1 aromatic carbocycles. The average Bonchev–Trinajstić information content (AvgIpc) is 3.11. The molecule has 3 rings (SSSR count). The smallest absolute Gasteiger partial charge is 0.267 e. The summed E-state index contributed by atoms with van der Waals surface area (Å²) >= 11 is 3.24. The number of nitrogens with zero attached hydrogens (tertiary/aromatic N) is 2. The van der Waals surface area contributed by atoms with E-state index in [1.807, 2.05) is 32.0 Å². The molecule has 3 aromatic rings. The van der Waals surface area contributed by atoms with Crippen molar-refractivity contribution in [2.24, 2.45) is 0 Å². The van der Waals surface area contributed by atoms with E-state index in [1.54, 1.807) is 12.1 Å². The van der Waals surface area contributed by atoms with Gasteiger partial charge in [-0.25, -0.2) is 0 Å². The lowest BCUT2D eigenvalue weighted by molar-refractivity contribution is 0.175. The number of aryl methyl sites for hydroxylation is 2. The minimum atomic E-state index is -0.346. The van der Waals surface area contributed by atoms with Gasteiger partial charge >= 0.3 is 0 Å². The maximum atomic E-state index is 5.85. The summed E-state index contributed by atoms with van der Waals surface area (Å²) in [6, 6.07) is 9.50. The minimum absolute atomic E-state index is 0.346. The number of ether oxygens (including phenoxy) is 1. The van der Waals surface area contributed by atoms with Crippen molar-refractivity contribution in [2.75, 3.05) is 0 Å². The highest BCUT2D eigenvalue weighted by Gasteiger charge is 2.18. The molecule has 0 N–H and O–H groups in total. The van der Waals surface area contributed by atoms with Crippen molar-refractivity contribution in [1.29, 1.82) is 0 Å². The van der Waals surface area contributed by atoms with Crippen molar-refractivity contribution in [3.05, 3.63) is 52.0 Å². The van der Waals surface area contributed by atoms with Gasteiger partial charge in [-0.3, -0.25) is 0 Å². The molecule has 0 fully saturated rings. The molecule has 0 aliphatic heterocycles. The van der Waals surface area contributed by atoms with Gasteiger partial charge in [0.1, 0.15) is 5.75 Å². The predicted octanol–water partition coefficient (Wildman–Crippen LogP) is 4.85. The van der Waals surface area contributed by atoms with Crippen molar-refractivity contribution >= 4 is 15.9 Å². The van der Waals surface area contributed by atoms with E-state index in [0.717, 1.165) is 5.75 Å². The summed E-state index contributed by atoms with van der Waals surface area (Å²) < 4.78 is 17.1. The van der Waals surface area contributed by atoms with Gasteiger partial charge in [-0.05, 0) is 72.1 Å². The molecular weight excluding hydrogens is 348 g/mol. The zero-order chi connectivity index (χ0) is 15.7. The molecule has 5 nitrogen and oxygen atoms in total. The first kappa shape index (κ1) is 14.8. The highest BCUT2D eigenvalue weighted by molar-refractivity contribution is 9.10. The molecule has 1 atom stereocenters. The predicted molar refractivity (Wildman–Crippen MR) is 84.7 cm³/mol. The van der Waals surface area contributed by atoms with Crippen molar-refractivity contribution in [3.63, 3.8) is 0 Å². The fourth-order valence-electron chi connectivity index (χ4n) is 1.98. The molecule has 6 heteroatoms. The van der Waals surface area contributed by atoms with Crippen molar-refractivity contribution in [1.82, 2.24) is 10.1 Å². The average molecular weight is 363 g/mol. The number of hydrogen-bond acceptors (Lipinski definition) is 5. The van der Waals surface area contributed by atoms with Crippen molar-refractivity contribution < 1.29 is 13.7 Å². The fourth-order valence-corrected chi connectivity index (χ4v) is 2.28. The van der Waals surface area contributed by atoms with Gasteiger partial charge in [0, 0.05) is 0 Å². The van der Waals surface area contributed by atoms with E-state index in [0.29, 0.717) is 22.1 Å². The van der Waals surface area contributed by atoms with Crippen LogP contribution in [0.2, 0.25) is 0 Å². The Labute approximate surface area is 136 Å². The van der Waals surface area contributed by atoms with Crippen LogP contribution in [0.25, 0.3) is 11.6 Å². The SMILES string of the molecule is Cc1ccc(O[C@@H](C)c2nc(-c3ccc(Br)o3)no2)cc1C. The van der Waals surface area contributed by atoms with E-state index in [4.69, 9.17) is 13.7 Å². The first-order valence-corrected chi connectivity index (χ1v) is 7.65. The second kappa shape index (κ2) is 5.96. The molecule has 0 bridgehead atoms. The van der Waals surface area contributed by atoms with Gasteiger partial charge in [0.2, 0.25) is 5.82 Å². The highest BCUT2D eigenvalue weighted by Crippen LogP contribution is 2.26. The summed E-state index contributed by atoms with van der Waals surface area (Å²) in [6.45, 7) is 5.98. The van der Waals surface area contributed by atoms with Crippen LogP contribution in [0.1, 0.15) is 30.0 Å². The Kier molecular flexibility index (Phi) is 4.02. The standard InChI is InChI=1S/C16H15BrN2O3/c1-9-4-5-12(8-10(9)2)20-11(3)16-18-15(19-22-16)13-6-7-14(17)21-13/h4-8,11H,1-3H3/t11-/m0/s1. The summed E-state index contributed by atoms with van der Waals surface area (Å²) in [5, 5.41) is 3.91. The maximum absolute atomic E-state index is 5.85. The van der Waals surface area contributed by atoms with Crippen LogP contribution in [0.4, 0.5) is 0 Å². The number of halogens is 1. The fraction of sp³-hybridized carbons (Fsp3) is 0.250. The normalized spacial score (nSPS) is 12.4.